The molecule has 4 rings (SSSR count). The Hall–Kier alpha value is -2.30. The van der Waals surface area contributed by atoms with Crippen LogP contribution >= 0.6 is 22.6 Å². The highest BCUT2D eigenvalue weighted by Gasteiger charge is 2.36. The van der Waals surface area contributed by atoms with Gasteiger partial charge in [0.25, 0.3) is 5.91 Å². The lowest BCUT2D eigenvalue weighted by Crippen LogP contribution is -2.25. The maximum Gasteiger partial charge on any atom is 0.418 e. The SMILES string of the molecule is O=C(NCc1cccc(F)n1)c1cc(I)c2cc(C3CC3)cc(C(F)(F)F)c2n1. The summed E-state index contributed by atoms with van der Waals surface area (Å²) in [6, 6.07) is 8.48. The van der Waals surface area contributed by atoms with Crippen LogP contribution in [-0.4, -0.2) is 15.9 Å². The summed E-state index contributed by atoms with van der Waals surface area (Å²) in [6.07, 6.45) is -2.83. The quantitative estimate of drug-likeness (QED) is 0.296. The first kappa shape index (κ1) is 20.0. The number of aromatic nitrogens is 2. The summed E-state index contributed by atoms with van der Waals surface area (Å²) < 4.78 is 54.7. The molecule has 150 valence electrons. The van der Waals surface area contributed by atoms with Gasteiger partial charge in [0.15, 0.2) is 0 Å². The summed E-state index contributed by atoms with van der Waals surface area (Å²) in [4.78, 5) is 20.1. The fraction of sp³-hybridized carbons (Fsp3) is 0.250. The molecule has 4 nitrogen and oxygen atoms in total. The number of nitrogens with zero attached hydrogens (tertiary/aromatic N) is 2. The van der Waals surface area contributed by atoms with Gasteiger partial charge in [-0.1, -0.05) is 6.07 Å². The van der Waals surface area contributed by atoms with Crippen molar-refractivity contribution in [3.05, 3.63) is 68.4 Å². The second-order valence-electron chi connectivity index (χ2n) is 6.86. The van der Waals surface area contributed by atoms with Crippen LogP contribution in [0.1, 0.15) is 46.1 Å². The third-order valence-electron chi connectivity index (χ3n) is 4.67. The Morgan fingerprint density at radius 3 is 2.59 bits per heavy atom. The first-order chi connectivity index (χ1) is 13.7. The smallest absolute Gasteiger partial charge is 0.345 e. The lowest BCUT2D eigenvalue weighted by atomic mass is 10.0. The van der Waals surface area contributed by atoms with Crippen LogP contribution in [-0.2, 0) is 12.7 Å². The molecular formula is C20H14F4IN3O. The highest BCUT2D eigenvalue weighted by molar-refractivity contribution is 14.1. The van der Waals surface area contributed by atoms with Crippen molar-refractivity contribution in [3.8, 4) is 0 Å². The fourth-order valence-corrected chi connectivity index (χ4v) is 3.81. The van der Waals surface area contributed by atoms with Crippen LogP contribution < -0.4 is 5.32 Å². The van der Waals surface area contributed by atoms with Crippen LogP contribution in [0.4, 0.5) is 17.6 Å². The molecule has 0 spiro atoms. The first-order valence-electron chi connectivity index (χ1n) is 8.83. The van der Waals surface area contributed by atoms with E-state index in [1.54, 1.807) is 6.07 Å². The monoisotopic (exact) mass is 515 g/mol. The molecule has 0 saturated heterocycles. The molecule has 3 aromatic rings. The summed E-state index contributed by atoms with van der Waals surface area (Å²) in [5.41, 5.74) is -0.278. The van der Waals surface area contributed by atoms with E-state index in [1.807, 2.05) is 22.6 Å². The summed E-state index contributed by atoms with van der Waals surface area (Å²) in [7, 11) is 0. The number of pyridine rings is 2. The number of nitrogens with one attached hydrogen (secondary N) is 1. The Morgan fingerprint density at radius 2 is 1.93 bits per heavy atom. The third kappa shape index (κ3) is 4.34. The van der Waals surface area contributed by atoms with Crippen LogP contribution in [0.15, 0.2) is 36.4 Å². The van der Waals surface area contributed by atoms with Crippen molar-refractivity contribution < 1.29 is 22.4 Å². The molecule has 1 aliphatic carbocycles. The van der Waals surface area contributed by atoms with E-state index in [4.69, 9.17) is 0 Å². The largest absolute Gasteiger partial charge is 0.418 e. The molecule has 2 aromatic heterocycles. The Morgan fingerprint density at radius 1 is 1.17 bits per heavy atom. The number of rotatable bonds is 4. The average molecular weight is 515 g/mol. The van der Waals surface area contributed by atoms with Crippen molar-refractivity contribution in [2.45, 2.75) is 31.5 Å². The van der Waals surface area contributed by atoms with Crippen molar-refractivity contribution in [1.82, 2.24) is 15.3 Å². The van der Waals surface area contributed by atoms with Crippen LogP contribution in [0.25, 0.3) is 10.9 Å². The van der Waals surface area contributed by atoms with E-state index in [-0.39, 0.29) is 23.7 Å². The second kappa shape index (κ2) is 7.51. The van der Waals surface area contributed by atoms with E-state index < -0.39 is 23.6 Å². The Balaban J connectivity index is 1.70. The number of alkyl halides is 3. The molecule has 0 aliphatic heterocycles. The molecule has 29 heavy (non-hydrogen) atoms. The number of carbonyl (C=O) groups is 1. The molecule has 1 aliphatic rings. The number of hydrogen-bond donors (Lipinski definition) is 1. The van der Waals surface area contributed by atoms with E-state index in [0.29, 0.717) is 20.2 Å². The molecule has 0 radical (unpaired) electrons. The number of carbonyl (C=O) groups excluding carboxylic acids is 1. The van der Waals surface area contributed by atoms with Gasteiger partial charge in [0.05, 0.1) is 23.3 Å². The van der Waals surface area contributed by atoms with Crippen molar-refractivity contribution in [1.29, 1.82) is 0 Å². The number of hydrogen-bond acceptors (Lipinski definition) is 3. The molecular weight excluding hydrogens is 501 g/mol. The van der Waals surface area contributed by atoms with E-state index in [1.165, 1.54) is 24.3 Å². The summed E-state index contributed by atoms with van der Waals surface area (Å²) in [6.45, 7) is -0.0698. The summed E-state index contributed by atoms with van der Waals surface area (Å²) in [5, 5.41) is 2.90. The van der Waals surface area contributed by atoms with E-state index in [0.717, 1.165) is 18.9 Å². The zero-order valence-corrected chi connectivity index (χ0v) is 17.0. The highest BCUT2D eigenvalue weighted by Crippen LogP contribution is 2.44. The summed E-state index contributed by atoms with van der Waals surface area (Å²) >= 11 is 1.92. The van der Waals surface area contributed by atoms with Gasteiger partial charge >= 0.3 is 6.18 Å². The van der Waals surface area contributed by atoms with Gasteiger partial charge in [-0.15, -0.1) is 0 Å². The number of benzene rings is 1. The molecule has 1 fully saturated rings. The predicted molar refractivity (Wildman–Crippen MR) is 107 cm³/mol. The fourth-order valence-electron chi connectivity index (χ4n) is 3.10. The molecule has 0 atom stereocenters. The van der Waals surface area contributed by atoms with Gasteiger partial charge in [-0.3, -0.25) is 4.79 Å². The predicted octanol–water partition coefficient (Wildman–Crippen LogP) is 5.20. The van der Waals surface area contributed by atoms with Crippen LogP contribution in [0.5, 0.6) is 0 Å². The van der Waals surface area contributed by atoms with Gasteiger partial charge in [-0.2, -0.15) is 17.6 Å². The number of amides is 1. The highest BCUT2D eigenvalue weighted by atomic mass is 127. The van der Waals surface area contributed by atoms with E-state index in [2.05, 4.69) is 15.3 Å². The Labute approximate surface area is 176 Å². The zero-order valence-electron chi connectivity index (χ0n) is 14.9. The van der Waals surface area contributed by atoms with Gasteiger partial charge in [0.2, 0.25) is 5.95 Å². The van der Waals surface area contributed by atoms with E-state index >= 15 is 0 Å². The molecule has 1 amide bonds. The van der Waals surface area contributed by atoms with Crippen LogP contribution in [0.3, 0.4) is 0 Å². The Kier molecular flexibility index (Phi) is 5.18. The van der Waals surface area contributed by atoms with E-state index in [9.17, 15) is 22.4 Å². The molecule has 2 heterocycles. The third-order valence-corrected chi connectivity index (χ3v) is 5.57. The summed E-state index contributed by atoms with van der Waals surface area (Å²) in [5.74, 6) is -1.19. The lowest BCUT2D eigenvalue weighted by molar-refractivity contribution is -0.136. The molecule has 0 bridgehead atoms. The zero-order chi connectivity index (χ0) is 20.8. The van der Waals surface area contributed by atoms with Crippen LogP contribution in [0, 0.1) is 9.52 Å². The minimum absolute atomic E-state index is 0.0698. The van der Waals surface area contributed by atoms with Gasteiger partial charge in [0.1, 0.15) is 5.69 Å². The van der Waals surface area contributed by atoms with Crippen molar-refractivity contribution >= 4 is 39.4 Å². The van der Waals surface area contributed by atoms with Gasteiger partial charge in [-0.25, -0.2) is 9.97 Å². The number of halogens is 5. The minimum atomic E-state index is -4.58. The standard InChI is InChI=1S/C20H14F4IN3O/c21-17-3-1-2-12(27-17)9-26-19(29)16-8-15(25)13-6-11(10-4-5-10)7-14(18(13)28-16)20(22,23)24/h1-3,6-8,10H,4-5,9H2,(H,26,29). The topological polar surface area (TPSA) is 54.9 Å². The van der Waals surface area contributed by atoms with Gasteiger partial charge in [0, 0.05) is 8.96 Å². The first-order valence-corrected chi connectivity index (χ1v) is 9.91. The Bertz CT molecular complexity index is 1110. The molecule has 9 heteroatoms. The maximum absolute atomic E-state index is 13.7. The van der Waals surface area contributed by atoms with Crippen molar-refractivity contribution in [2.75, 3.05) is 0 Å². The molecule has 0 unspecified atom stereocenters. The van der Waals surface area contributed by atoms with Crippen molar-refractivity contribution in [3.63, 3.8) is 0 Å². The molecule has 1 saturated carbocycles. The van der Waals surface area contributed by atoms with Gasteiger partial charge < -0.3 is 5.32 Å². The number of fused-ring (bicyclic) bond motifs is 1. The van der Waals surface area contributed by atoms with Crippen molar-refractivity contribution in [2.24, 2.45) is 0 Å². The molecule has 1 aromatic carbocycles. The second-order valence-corrected chi connectivity index (χ2v) is 8.02. The van der Waals surface area contributed by atoms with Gasteiger partial charge in [-0.05, 0) is 77.2 Å². The average Bonchev–Trinajstić information content (AvgIpc) is 3.50. The molecule has 1 N–H and O–H groups in total. The maximum atomic E-state index is 13.7. The van der Waals surface area contributed by atoms with Crippen LogP contribution in [0.2, 0.25) is 0 Å². The normalized spacial score (nSPS) is 14.2. The minimum Gasteiger partial charge on any atom is -0.345 e. The lowest BCUT2D eigenvalue weighted by Gasteiger charge is -2.14.